The molecule has 0 atom stereocenters. The summed E-state index contributed by atoms with van der Waals surface area (Å²) < 4.78 is 0. The van der Waals surface area contributed by atoms with E-state index in [0.29, 0.717) is 0 Å². The number of hydrogen-bond acceptors (Lipinski definition) is 4. The second-order valence-electron chi connectivity index (χ2n) is 3.83. The molecule has 2 heterocycles. The van der Waals surface area contributed by atoms with Gasteiger partial charge < -0.3 is 10.4 Å². The number of rotatable bonds is 5. The molecule has 2 aromatic heterocycles. The van der Waals surface area contributed by atoms with Gasteiger partial charge in [-0.15, -0.1) is 11.3 Å². The minimum atomic E-state index is 0.209. The fourth-order valence-electron chi connectivity index (χ4n) is 1.66. The van der Waals surface area contributed by atoms with Crippen LogP contribution in [0.15, 0.2) is 29.8 Å². The molecule has 0 aliphatic heterocycles. The number of aromatic nitrogens is 1. The topological polar surface area (TPSA) is 45.1 Å². The number of nitrogens with zero attached hydrogens (tertiary/aromatic N) is 1. The summed E-state index contributed by atoms with van der Waals surface area (Å²) in [5, 5.41) is 14.6. The van der Waals surface area contributed by atoms with Gasteiger partial charge in [-0.2, -0.15) is 0 Å². The summed E-state index contributed by atoms with van der Waals surface area (Å²) in [6.45, 7) is 3.78. The van der Waals surface area contributed by atoms with Crippen molar-refractivity contribution in [2.75, 3.05) is 0 Å². The van der Waals surface area contributed by atoms with E-state index >= 15 is 0 Å². The minimum Gasteiger partial charge on any atom is -0.506 e. The van der Waals surface area contributed by atoms with Gasteiger partial charge in [0.2, 0.25) is 0 Å². The number of hydrogen-bond donors (Lipinski definition) is 2. The Morgan fingerprint density at radius 1 is 1.29 bits per heavy atom. The average Bonchev–Trinajstić information content (AvgIpc) is 2.79. The third kappa shape index (κ3) is 3.28. The van der Waals surface area contributed by atoms with Crippen molar-refractivity contribution in [2.24, 2.45) is 0 Å². The molecule has 0 fully saturated rings. The van der Waals surface area contributed by atoms with E-state index in [1.165, 1.54) is 16.6 Å². The van der Waals surface area contributed by atoms with Crippen molar-refractivity contribution < 1.29 is 5.11 Å². The third-order valence-corrected chi connectivity index (χ3v) is 3.58. The smallest absolute Gasteiger partial charge is 0.133 e. The van der Waals surface area contributed by atoms with Crippen LogP contribution in [0.5, 0.6) is 5.75 Å². The van der Waals surface area contributed by atoms with E-state index in [2.05, 4.69) is 28.7 Å². The molecular weight excluding hydrogens is 232 g/mol. The van der Waals surface area contributed by atoms with E-state index in [9.17, 15) is 0 Å². The van der Waals surface area contributed by atoms with Gasteiger partial charge in [0.15, 0.2) is 0 Å². The van der Waals surface area contributed by atoms with Gasteiger partial charge in [-0.05, 0) is 35.6 Å². The molecule has 0 saturated heterocycles. The molecule has 2 rings (SSSR count). The zero-order valence-electron chi connectivity index (χ0n) is 9.81. The van der Waals surface area contributed by atoms with Gasteiger partial charge in [0, 0.05) is 18.0 Å². The van der Waals surface area contributed by atoms with Crippen LogP contribution in [-0.2, 0) is 19.5 Å². The van der Waals surface area contributed by atoms with E-state index in [1.807, 2.05) is 6.07 Å². The lowest BCUT2D eigenvalue weighted by Gasteiger charge is -2.04. The highest BCUT2D eigenvalue weighted by atomic mass is 32.1. The van der Waals surface area contributed by atoms with Crippen molar-refractivity contribution in [3.63, 3.8) is 0 Å². The quantitative estimate of drug-likeness (QED) is 0.855. The second kappa shape index (κ2) is 5.80. The molecule has 3 nitrogen and oxygen atoms in total. The number of aryl methyl sites for hydroxylation is 1. The summed E-state index contributed by atoms with van der Waals surface area (Å²) in [7, 11) is 0. The molecular formula is C13H16N2OS. The van der Waals surface area contributed by atoms with Crippen molar-refractivity contribution in [3.05, 3.63) is 45.9 Å². The van der Waals surface area contributed by atoms with Crippen LogP contribution in [0.1, 0.15) is 23.1 Å². The fourth-order valence-corrected chi connectivity index (χ4v) is 2.61. The van der Waals surface area contributed by atoms with Crippen LogP contribution in [0.2, 0.25) is 0 Å². The first-order valence-corrected chi connectivity index (χ1v) is 6.57. The number of pyridine rings is 1. The van der Waals surface area contributed by atoms with Gasteiger partial charge >= 0.3 is 0 Å². The van der Waals surface area contributed by atoms with Crippen LogP contribution in [0, 0.1) is 0 Å². The summed E-state index contributed by atoms with van der Waals surface area (Å²) in [4.78, 5) is 5.53. The number of thiophene rings is 1. The highest BCUT2D eigenvalue weighted by molar-refractivity contribution is 7.10. The molecule has 0 amide bonds. The Kier molecular flexibility index (Phi) is 4.12. The van der Waals surface area contributed by atoms with E-state index in [-0.39, 0.29) is 5.75 Å². The van der Waals surface area contributed by atoms with Gasteiger partial charge in [-0.1, -0.05) is 6.92 Å². The highest BCUT2D eigenvalue weighted by Gasteiger charge is 2.02. The lowest BCUT2D eigenvalue weighted by molar-refractivity contribution is 0.471. The van der Waals surface area contributed by atoms with Gasteiger partial charge in [0.05, 0.1) is 11.9 Å². The Morgan fingerprint density at radius 2 is 2.18 bits per heavy atom. The zero-order valence-corrected chi connectivity index (χ0v) is 10.6. The van der Waals surface area contributed by atoms with E-state index in [4.69, 9.17) is 5.11 Å². The van der Waals surface area contributed by atoms with Crippen LogP contribution in [0.25, 0.3) is 0 Å². The van der Waals surface area contributed by atoms with Gasteiger partial charge in [0.25, 0.3) is 0 Å². The lowest BCUT2D eigenvalue weighted by Crippen LogP contribution is -2.13. The Hall–Kier alpha value is -1.39. The lowest BCUT2D eigenvalue weighted by atomic mass is 10.2. The van der Waals surface area contributed by atoms with Gasteiger partial charge in [0.1, 0.15) is 5.75 Å². The van der Waals surface area contributed by atoms with Gasteiger partial charge in [-0.25, -0.2) is 0 Å². The minimum absolute atomic E-state index is 0.209. The van der Waals surface area contributed by atoms with Crippen LogP contribution in [0.4, 0.5) is 0 Å². The Bertz CT molecular complexity index is 465. The summed E-state index contributed by atoms with van der Waals surface area (Å²) >= 11 is 1.79. The maximum absolute atomic E-state index is 9.12. The summed E-state index contributed by atoms with van der Waals surface area (Å²) in [6.07, 6.45) is 2.55. The largest absolute Gasteiger partial charge is 0.506 e. The standard InChI is InChI=1S/C13H16N2OS/c1-2-10-5-6-17-13(10)9-14-7-11-3-4-12(16)8-15-11/h3-6,8,14,16H,2,7,9H2,1H3. The molecule has 4 heteroatoms. The fraction of sp³-hybridized carbons (Fsp3) is 0.308. The molecule has 2 aromatic rings. The molecule has 0 radical (unpaired) electrons. The molecule has 0 aliphatic carbocycles. The van der Waals surface area contributed by atoms with Crippen LogP contribution >= 0.6 is 11.3 Å². The molecule has 2 N–H and O–H groups in total. The van der Waals surface area contributed by atoms with Crippen molar-refractivity contribution in [2.45, 2.75) is 26.4 Å². The van der Waals surface area contributed by atoms with Crippen LogP contribution in [0.3, 0.4) is 0 Å². The third-order valence-electron chi connectivity index (χ3n) is 2.62. The Labute approximate surface area is 105 Å². The molecule has 0 aliphatic rings. The Balaban J connectivity index is 1.85. The highest BCUT2D eigenvalue weighted by Crippen LogP contribution is 2.17. The van der Waals surface area contributed by atoms with Crippen molar-refractivity contribution in [1.29, 1.82) is 0 Å². The molecule has 0 aromatic carbocycles. The summed E-state index contributed by atoms with van der Waals surface area (Å²) in [6, 6.07) is 5.67. The zero-order chi connectivity index (χ0) is 12.1. The molecule has 17 heavy (non-hydrogen) atoms. The molecule has 0 unspecified atom stereocenters. The molecule has 0 bridgehead atoms. The average molecular weight is 248 g/mol. The summed E-state index contributed by atoms with van der Waals surface area (Å²) in [5.74, 6) is 0.209. The van der Waals surface area contributed by atoms with Crippen molar-refractivity contribution in [1.82, 2.24) is 10.3 Å². The molecule has 0 spiro atoms. The first kappa shape index (κ1) is 12.1. The Morgan fingerprint density at radius 3 is 2.88 bits per heavy atom. The SMILES string of the molecule is CCc1ccsc1CNCc1ccc(O)cn1. The van der Waals surface area contributed by atoms with Crippen LogP contribution < -0.4 is 5.32 Å². The summed E-state index contributed by atoms with van der Waals surface area (Å²) in [5.41, 5.74) is 2.36. The normalized spacial score (nSPS) is 10.6. The first-order chi connectivity index (χ1) is 8.29. The predicted molar refractivity (Wildman–Crippen MR) is 70.1 cm³/mol. The van der Waals surface area contributed by atoms with E-state index < -0.39 is 0 Å². The molecule has 0 saturated carbocycles. The number of nitrogens with one attached hydrogen (secondary N) is 1. The van der Waals surface area contributed by atoms with Crippen molar-refractivity contribution >= 4 is 11.3 Å². The van der Waals surface area contributed by atoms with Crippen molar-refractivity contribution in [3.8, 4) is 5.75 Å². The van der Waals surface area contributed by atoms with E-state index in [1.54, 1.807) is 17.4 Å². The maximum Gasteiger partial charge on any atom is 0.133 e. The molecule has 90 valence electrons. The van der Waals surface area contributed by atoms with Crippen LogP contribution in [-0.4, -0.2) is 10.1 Å². The maximum atomic E-state index is 9.12. The number of aromatic hydroxyl groups is 1. The van der Waals surface area contributed by atoms with E-state index in [0.717, 1.165) is 25.2 Å². The first-order valence-electron chi connectivity index (χ1n) is 5.69. The van der Waals surface area contributed by atoms with Gasteiger partial charge in [-0.3, -0.25) is 4.98 Å². The predicted octanol–water partition coefficient (Wildman–Crippen LogP) is 2.70. The second-order valence-corrected chi connectivity index (χ2v) is 4.83. The monoisotopic (exact) mass is 248 g/mol.